The first kappa shape index (κ1) is 18.6. The minimum atomic E-state index is -3.51. The number of carbonyl (C=O) groups is 1. The van der Waals surface area contributed by atoms with E-state index in [4.69, 9.17) is 0 Å². The highest BCUT2D eigenvalue weighted by atomic mass is 32.2. The highest BCUT2D eigenvalue weighted by Crippen LogP contribution is 2.26. The van der Waals surface area contributed by atoms with E-state index in [0.717, 1.165) is 10.9 Å². The molecule has 1 aliphatic rings. The van der Waals surface area contributed by atoms with Gasteiger partial charge in [-0.05, 0) is 37.1 Å². The first-order valence-electron chi connectivity index (χ1n) is 9.25. The molecule has 1 saturated heterocycles. The number of fused-ring (bicyclic) bond motifs is 1. The van der Waals surface area contributed by atoms with E-state index < -0.39 is 10.0 Å². The van der Waals surface area contributed by atoms with E-state index in [1.165, 1.54) is 4.31 Å². The van der Waals surface area contributed by atoms with Crippen molar-refractivity contribution in [2.24, 2.45) is 5.92 Å². The van der Waals surface area contributed by atoms with Gasteiger partial charge in [0.1, 0.15) is 0 Å². The number of aromatic nitrogens is 1. The molecule has 1 aliphatic heterocycles. The van der Waals surface area contributed by atoms with E-state index in [2.05, 4.69) is 10.3 Å². The molecule has 0 radical (unpaired) electrons. The Labute approximate surface area is 164 Å². The summed E-state index contributed by atoms with van der Waals surface area (Å²) in [6.07, 6.45) is 2.69. The molecule has 0 bridgehead atoms. The van der Waals surface area contributed by atoms with E-state index in [-0.39, 0.29) is 11.8 Å². The van der Waals surface area contributed by atoms with E-state index in [1.54, 1.807) is 36.5 Å². The van der Waals surface area contributed by atoms with Crippen LogP contribution in [-0.4, -0.2) is 36.7 Å². The Morgan fingerprint density at radius 1 is 0.964 bits per heavy atom. The highest BCUT2D eigenvalue weighted by molar-refractivity contribution is 7.89. The summed E-state index contributed by atoms with van der Waals surface area (Å²) in [5.41, 5.74) is 1.44. The van der Waals surface area contributed by atoms with Gasteiger partial charge >= 0.3 is 0 Å². The standard InChI is InChI=1S/C21H21N3O3S/c25-21(23-19-10-4-6-16-7-5-13-22-20(16)19)17-11-14-24(15-12-17)28(26,27)18-8-2-1-3-9-18/h1-10,13,17H,11-12,14-15H2,(H,23,25). The topological polar surface area (TPSA) is 79.4 Å². The van der Waals surface area contributed by atoms with Crippen molar-refractivity contribution < 1.29 is 13.2 Å². The van der Waals surface area contributed by atoms with Crippen LogP contribution in [0.15, 0.2) is 71.8 Å². The number of rotatable bonds is 4. The molecule has 28 heavy (non-hydrogen) atoms. The van der Waals surface area contributed by atoms with E-state index in [9.17, 15) is 13.2 Å². The molecule has 0 atom stereocenters. The maximum absolute atomic E-state index is 12.7. The van der Waals surface area contributed by atoms with Crippen LogP contribution in [0.5, 0.6) is 0 Å². The van der Waals surface area contributed by atoms with Gasteiger partial charge in [-0.15, -0.1) is 0 Å². The van der Waals surface area contributed by atoms with E-state index in [1.807, 2.05) is 30.3 Å². The molecule has 7 heteroatoms. The number of hydrogen-bond acceptors (Lipinski definition) is 4. The Morgan fingerprint density at radius 2 is 1.68 bits per heavy atom. The maximum atomic E-state index is 12.7. The lowest BCUT2D eigenvalue weighted by molar-refractivity contribution is -0.120. The van der Waals surface area contributed by atoms with Crippen LogP contribution >= 0.6 is 0 Å². The Kier molecular flexibility index (Phi) is 5.11. The van der Waals surface area contributed by atoms with Crippen molar-refractivity contribution in [1.82, 2.24) is 9.29 Å². The Bertz CT molecular complexity index is 1090. The van der Waals surface area contributed by atoms with E-state index >= 15 is 0 Å². The third kappa shape index (κ3) is 3.63. The van der Waals surface area contributed by atoms with Gasteiger partial charge in [0.05, 0.1) is 16.1 Å². The summed E-state index contributed by atoms with van der Waals surface area (Å²) in [7, 11) is -3.51. The zero-order valence-electron chi connectivity index (χ0n) is 15.3. The molecule has 3 aromatic rings. The molecule has 0 spiro atoms. The minimum absolute atomic E-state index is 0.0880. The van der Waals surface area contributed by atoms with Crippen molar-refractivity contribution in [3.63, 3.8) is 0 Å². The van der Waals surface area contributed by atoms with Crippen molar-refractivity contribution in [1.29, 1.82) is 0 Å². The Morgan fingerprint density at radius 3 is 2.43 bits per heavy atom. The molecule has 0 aliphatic carbocycles. The molecular weight excluding hydrogens is 374 g/mol. The number of carbonyl (C=O) groups excluding carboxylic acids is 1. The third-order valence-electron chi connectivity index (χ3n) is 5.10. The predicted molar refractivity (Wildman–Crippen MR) is 108 cm³/mol. The largest absolute Gasteiger partial charge is 0.324 e. The molecular formula is C21H21N3O3S. The second-order valence-corrected chi connectivity index (χ2v) is 8.80. The van der Waals surface area contributed by atoms with Gasteiger partial charge in [0.25, 0.3) is 0 Å². The lowest BCUT2D eigenvalue weighted by Crippen LogP contribution is -2.41. The molecule has 1 fully saturated rings. The number of pyridine rings is 1. The fourth-order valence-electron chi connectivity index (χ4n) is 3.54. The fraction of sp³-hybridized carbons (Fsp3) is 0.238. The summed E-state index contributed by atoms with van der Waals surface area (Å²) in [4.78, 5) is 17.4. The van der Waals surface area contributed by atoms with Crippen molar-refractivity contribution in [2.75, 3.05) is 18.4 Å². The second-order valence-electron chi connectivity index (χ2n) is 6.86. The van der Waals surface area contributed by atoms with Gasteiger partial charge < -0.3 is 5.32 Å². The number of sulfonamides is 1. The van der Waals surface area contributed by atoms with Crippen LogP contribution in [0.25, 0.3) is 10.9 Å². The van der Waals surface area contributed by atoms with Crippen LogP contribution in [0.3, 0.4) is 0 Å². The number of amides is 1. The summed E-state index contributed by atoms with van der Waals surface area (Å²) in [6, 6.07) is 17.9. The Balaban J connectivity index is 1.43. The lowest BCUT2D eigenvalue weighted by Gasteiger charge is -2.30. The lowest BCUT2D eigenvalue weighted by atomic mass is 9.97. The van der Waals surface area contributed by atoms with Gasteiger partial charge in [-0.3, -0.25) is 9.78 Å². The zero-order valence-corrected chi connectivity index (χ0v) is 16.1. The van der Waals surface area contributed by atoms with E-state index in [0.29, 0.717) is 36.5 Å². The van der Waals surface area contributed by atoms with Crippen molar-refractivity contribution in [3.8, 4) is 0 Å². The van der Waals surface area contributed by atoms with Crippen LogP contribution in [0.4, 0.5) is 5.69 Å². The SMILES string of the molecule is O=C(Nc1cccc2cccnc12)C1CCN(S(=O)(=O)c2ccccc2)CC1. The first-order chi connectivity index (χ1) is 13.6. The number of benzene rings is 2. The van der Waals surface area contributed by atoms with Crippen LogP contribution in [0, 0.1) is 5.92 Å². The quantitative estimate of drug-likeness (QED) is 0.735. The van der Waals surface area contributed by atoms with Gasteiger partial charge in [0, 0.05) is 30.6 Å². The number of nitrogens with zero attached hydrogens (tertiary/aromatic N) is 2. The number of anilines is 1. The Hall–Kier alpha value is -2.77. The molecule has 2 aromatic carbocycles. The van der Waals surface area contributed by atoms with Gasteiger partial charge in [-0.25, -0.2) is 8.42 Å². The summed E-state index contributed by atoms with van der Waals surface area (Å²) in [5.74, 6) is -0.309. The van der Waals surface area contributed by atoms with Crippen LogP contribution in [0.2, 0.25) is 0 Å². The zero-order chi connectivity index (χ0) is 19.6. The molecule has 1 amide bonds. The molecule has 2 heterocycles. The first-order valence-corrected chi connectivity index (χ1v) is 10.7. The average molecular weight is 395 g/mol. The number of hydrogen-bond donors (Lipinski definition) is 1. The monoisotopic (exact) mass is 395 g/mol. The van der Waals surface area contributed by atoms with Crippen LogP contribution < -0.4 is 5.32 Å². The van der Waals surface area contributed by atoms with Crippen molar-refractivity contribution in [3.05, 3.63) is 66.9 Å². The molecule has 1 N–H and O–H groups in total. The number of piperidine rings is 1. The van der Waals surface area contributed by atoms with Crippen molar-refractivity contribution in [2.45, 2.75) is 17.7 Å². The van der Waals surface area contributed by atoms with Gasteiger partial charge in [-0.1, -0.05) is 36.4 Å². The molecule has 1 aromatic heterocycles. The second kappa shape index (κ2) is 7.69. The molecule has 144 valence electrons. The average Bonchev–Trinajstić information content (AvgIpc) is 2.75. The summed E-state index contributed by atoms with van der Waals surface area (Å²) >= 11 is 0. The fourth-order valence-corrected chi connectivity index (χ4v) is 5.03. The smallest absolute Gasteiger partial charge is 0.243 e. The van der Waals surface area contributed by atoms with Crippen molar-refractivity contribution >= 4 is 32.5 Å². The highest BCUT2D eigenvalue weighted by Gasteiger charge is 2.32. The van der Waals surface area contributed by atoms with Crippen LogP contribution in [-0.2, 0) is 14.8 Å². The predicted octanol–water partition coefficient (Wildman–Crippen LogP) is 3.27. The normalized spacial score (nSPS) is 16.1. The molecule has 0 saturated carbocycles. The summed E-state index contributed by atoms with van der Waals surface area (Å²) in [5, 5.41) is 3.93. The molecule has 0 unspecified atom stereocenters. The van der Waals surface area contributed by atoms with Gasteiger partial charge in [0.2, 0.25) is 15.9 Å². The van der Waals surface area contributed by atoms with Gasteiger partial charge in [0.15, 0.2) is 0 Å². The minimum Gasteiger partial charge on any atom is -0.324 e. The summed E-state index contributed by atoms with van der Waals surface area (Å²) < 4.78 is 26.9. The summed E-state index contributed by atoms with van der Waals surface area (Å²) in [6.45, 7) is 0.673. The van der Waals surface area contributed by atoms with Gasteiger partial charge in [-0.2, -0.15) is 4.31 Å². The molecule has 6 nitrogen and oxygen atoms in total. The van der Waals surface area contributed by atoms with Crippen LogP contribution in [0.1, 0.15) is 12.8 Å². The number of nitrogens with one attached hydrogen (secondary N) is 1. The third-order valence-corrected chi connectivity index (χ3v) is 7.01. The molecule has 4 rings (SSSR count). The number of para-hydroxylation sites is 1. The maximum Gasteiger partial charge on any atom is 0.243 e.